The van der Waals surface area contributed by atoms with Crippen LogP contribution >= 0.6 is 0 Å². The van der Waals surface area contributed by atoms with Gasteiger partial charge in [0.15, 0.2) is 0 Å². The first-order chi connectivity index (χ1) is 10.8. The molecule has 3 aromatic carbocycles. The first-order valence-corrected chi connectivity index (χ1v) is 7.30. The normalized spacial score (nSPS) is 11.6. The molecule has 0 N–H and O–H groups in total. The van der Waals surface area contributed by atoms with E-state index in [-0.39, 0.29) is 5.97 Å². The molecule has 0 aromatic heterocycles. The average Bonchev–Trinajstić information content (AvgIpc) is 2.95. The van der Waals surface area contributed by atoms with Crippen LogP contribution in [0.2, 0.25) is 0 Å². The zero-order chi connectivity index (χ0) is 14.9. The molecule has 0 saturated heterocycles. The summed E-state index contributed by atoms with van der Waals surface area (Å²) in [6, 6.07) is 23.3. The van der Waals surface area contributed by atoms with Crippen molar-refractivity contribution in [3.05, 3.63) is 89.5 Å². The number of fused-ring (bicyclic) bond motifs is 3. The van der Waals surface area contributed by atoms with Crippen LogP contribution in [0, 0.1) is 0 Å². The van der Waals surface area contributed by atoms with E-state index in [1.54, 1.807) is 12.1 Å². The van der Waals surface area contributed by atoms with Gasteiger partial charge in [0.2, 0.25) is 0 Å². The number of carbonyl (C=O) groups excluding carboxylic acids is 1. The number of hydrogen-bond acceptors (Lipinski definition) is 2. The van der Waals surface area contributed by atoms with Crippen molar-refractivity contribution in [2.24, 2.45) is 0 Å². The second-order valence-corrected chi connectivity index (χ2v) is 5.37. The molecular formula is C20H14O2. The van der Waals surface area contributed by atoms with Crippen molar-refractivity contribution >= 4 is 5.97 Å². The maximum Gasteiger partial charge on any atom is 0.343 e. The van der Waals surface area contributed by atoms with Crippen LogP contribution in [-0.4, -0.2) is 5.97 Å². The van der Waals surface area contributed by atoms with Crippen LogP contribution in [0.1, 0.15) is 21.5 Å². The number of ether oxygens (including phenoxy) is 1. The number of carbonyl (C=O) groups is 1. The van der Waals surface area contributed by atoms with Crippen molar-refractivity contribution in [2.75, 3.05) is 0 Å². The van der Waals surface area contributed by atoms with Crippen molar-refractivity contribution in [1.29, 1.82) is 0 Å². The van der Waals surface area contributed by atoms with Gasteiger partial charge in [-0.25, -0.2) is 4.79 Å². The molecular weight excluding hydrogens is 272 g/mol. The number of hydrogen-bond donors (Lipinski definition) is 0. The smallest absolute Gasteiger partial charge is 0.343 e. The van der Waals surface area contributed by atoms with E-state index in [4.69, 9.17) is 4.74 Å². The van der Waals surface area contributed by atoms with Crippen LogP contribution in [0.15, 0.2) is 72.8 Å². The topological polar surface area (TPSA) is 26.3 Å². The Morgan fingerprint density at radius 1 is 0.773 bits per heavy atom. The largest absolute Gasteiger partial charge is 0.423 e. The lowest BCUT2D eigenvalue weighted by Crippen LogP contribution is -2.09. The fraction of sp³-hybridized carbons (Fsp3) is 0.0500. The lowest BCUT2D eigenvalue weighted by molar-refractivity contribution is 0.0733. The predicted molar refractivity (Wildman–Crippen MR) is 86.1 cm³/mol. The van der Waals surface area contributed by atoms with Crippen LogP contribution in [0.4, 0.5) is 0 Å². The molecule has 0 aliphatic heterocycles. The summed E-state index contributed by atoms with van der Waals surface area (Å²) in [7, 11) is 0. The van der Waals surface area contributed by atoms with Crippen molar-refractivity contribution in [1.82, 2.24) is 0 Å². The third-order valence-electron chi connectivity index (χ3n) is 4.02. The Morgan fingerprint density at radius 2 is 1.50 bits per heavy atom. The molecule has 0 atom stereocenters. The van der Waals surface area contributed by atoms with Crippen LogP contribution in [0.3, 0.4) is 0 Å². The molecule has 1 aliphatic carbocycles. The number of benzene rings is 3. The fourth-order valence-corrected chi connectivity index (χ4v) is 2.96. The highest BCUT2D eigenvalue weighted by atomic mass is 16.5. The third kappa shape index (κ3) is 2.09. The van der Waals surface area contributed by atoms with Gasteiger partial charge in [0, 0.05) is 12.0 Å². The number of rotatable bonds is 2. The fourth-order valence-electron chi connectivity index (χ4n) is 2.96. The van der Waals surface area contributed by atoms with E-state index in [0.29, 0.717) is 11.3 Å². The second kappa shape index (κ2) is 5.15. The first-order valence-electron chi connectivity index (χ1n) is 7.30. The Kier molecular flexibility index (Phi) is 3.01. The molecule has 0 fully saturated rings. The SMILES string of the molecule is O=C(Oc1cccc2c1Cc1ccccc1-2)c1ccccc1. The Hall–Kier alpha value is -2.87. The molecule has 0 radical (unpaired) electrons. The maximum absolute atomic E-state index is 12.3. The zero-order valence-corrected chi connectivity index (χ0v) is 12.0. The molecule has 4 rings (SSSR count). The summed E-state index contributed by atoms with van der Waals surface area (Å²) in [5.74, 6) is 0.340. The van der Waals surface area contributed by atoms with Crippen molar-refractivity contribution in [3.63, 3.8) is 0 Å². The molecule has 0 heterocycles. The van der Waals surface area contributed by atoms with Gasteiger partial charge in [-0.2, -0.15) is 0 Å². The zero-order valence-electron chi connectivity index (χ0n) is 12.0. The van der Waals surface area contributed by atoms with Gasteiger partial charge in [0.25, 0.3) is 0 Å². The lowest BCUT2D eigenvalue weighted by Gasteiger charge is -2.09. The quantitative estimate of drug-likeness (QED) is 0.401. The number of esters is 1. The molecule has 106 valence electrons. The molecule has 0 spiro atoms. The Morgan fingerprint density at radius 3 is 2.36 bits per heavy atom. The summed E-state index contributed by atoms with van der Waals surface area (Å²) in [5.41, 5.74) is 5.33. The summed E-state index contributed by atoms with van der Waals surface area (Å²) < 4.78 is 5.64. The van der Waals surface area contributed by atoms with Crippen molar-refractivity contribution in [2.45, 2.75) is 6.42 Å². The molecule has 0 unspecified atom stereocenters. The Balaban J connectivity index is 1.70. The van der Waals surface area contributed by atoms with Crippen LogP contribution in [0.5, 0.6) is 5.75 Å². The molecule has 2 nitrogen and oxygen atoms in total. The van der Waals surface area contributed by atoms with E-state index in [9.17, 15) is 4.79 Å². The van der Waals surface area contributed by atoms with E-state index < -0.39 is 0 Å². The summed E-state index contributed by atoms with van der Waals surface area (Å²) in [5, 5.41) is 0. The van der Waals surface area contributed by atoms with Crippen molar-refractivity contribution in [3.8, 4) is 16.9 Å². The summed E-state index contributed by atoms with van der Waals surface area (Å²) in [6.45, 7) is 0. The summed E-state index contributed by atoms with van der Waals surface area (Å²) >= 11 is 0. The molecule has 1 aliphatic rings. The minimum atomic E-state index is -0.315. The standard InChI is InChI=1S/C20H14O2/c21-20(14-7-2-1-3-8-14)22-19-12-6-11-17-16-10-5-4-9-15(16)13-18(17)19/h1-12H,13H2. The van der Waals surface area contributed by atoms with E-state index in [1.165, 1.54) is 11.1 Å². The van der Waals surface area contributed by atoms with E-state index in [1.807, 2.05) is 42.5 Å². The van der Waals surface area contributed by atoms with E-state index in [2.05, 4.69) is 18.2 Å². The van der Waals surface area contributed by atoms with Gasteiger partial charge in [0.05, 0.1) is 5.56 Å². The molecule has 0 bridgehead atoms. The molecule has 3 aromatic rings. The first kappa shape index (κ1) is 12.8. The summed E-state index contributed by atoms with van der Waals surface area (Å²) in [6.07, 6.45) is 0.809. The van der Waals surface area contributed by atoms with Gasteiger partial charge in [-0.3, -0.25) is 0 Å². The van der Waals surface area contributed by atoms with Gasteiger partial charge < -0.3 is 4.74 Å². The predicted octanol–water partition coefficient (Wildman–Crippen LogP) is 4.48. The maximum atomic E-state index is 12.3. The highest BCUT2D eigenvalue weighted by Gasteiger charge is 2.22. The monoisotopic (exact) mass is 286 g/mol. The lowest BCUT2D eigenvalue weighted by atomic mass is 10.1. The molecule has 0 amide bonds. The van der Waals surface area contributed by atoms with Crippen molar-refractivity contribution < 1.29 is 9.53 Å². The van der Waals surface area contributed by atoms with E-state index >= 15 is 0 Å². The molecule has 0 saturated carbocycles. The summed E-state index contributed by atoms with van der Waals surface area (Å²) in [4.78, 5) is 12.3. The van der Waals surface area contributed by atoms with Gasteiger partial charge in [-0.05, 0) is 34.9 Å². The second-order valence-electron chi connectivity index (χ2n) is 5.37. The van der Waals surface area contributed by atoms with Gasteiger partial charge >= 0.3 is 5.97 Å². The van der Waals surface area contributed by atoms with E-state index in [0.717, 1.165) is 17.5 Å². The van der Waals surface area contributed by atoms with Crippen LogP contribution in [-0.2, 0) is 6.42 Å². The highest BCUT2D eigenvalue weighted by Crippen LogP contribution is 2.41. The average molecular weight is 286 g/mol. The Bertz CT molecular complexity index is 851. The minimum Gasteiger partial charge on any atom is -0.423 e. The van der Waals surface area contributed by atoms with Crippen LogP contribution < -0.4 is 4.74 Å². The third-order valence-corrected chi connectivity index (χ3v) is 4.02. The van der Waals surface area contributed by atoms with Gasteiger partial charge in [-0.15, -0.1) is 0 Å². The van der Waals surface area contributed by atoms with Gasteiger partial charge in [-0.1, -0.05) is 54.6 Å². The van der Waals surface area contributed by atoms with Crippen LogP contribution in [0.25, 0.3) is 11.1 Å². The molecule has 2 heteroatoms. The highest BCUT2D eigenvalue weighted by molar-refractivity contribution is 5.92. The Labute approximate surface area is 129 Å². The molecule has 22 heavy (non-hydrogen) atoms. The van der Waals surface area contributed by atoms with Gasteiger partial charge in [0.1, 0.15) is 5.75 Å². The minimum absolute atomic E-state index is 0.315.